The molecule has 4 aromatic rings. The van der Waals surface area contributed by atoms with E-state index in [4.69, 9.17) is 14.6 Å². The summed E-state index contributed by atoms with van der Waals surface area (Å²) >= 11 is 0. The van der Waals surface area contributed by atoms with Crippen LogP contribution in [-0.2, 0) is 19.1 Å². The monoisotopic (exact) mass is 466 g/mol. The third-order valence-corrected chi connectivity index (χ3v) is 5.68. The van der Waals surface area contributed by atoms with Crippen molar-refractivity contribution in [1.29, 1.82) is 0 Å². The van der Waals surface area contributed by atoms with E-state index in [9.17, 15) is 13.2 Å². The smallest absolute Gasteiger partial charge is 0.416 e. The van der Waals surface area contributed by atoms with E-state index < -0.39 is 11.7 Å². The van der Waals surface area contributed by atoms with Crippen molar-refractivity contribution in [2.24, 2.45) is 0 Å². The summed E-state index contributed by atoms with van der Waals surface area (Å²) in [6, 6.07) is 20.6. The molecule has 0 saturated carbocycles. The largest absolute Gasteiger partial charge is 0.497 e. The van der Waals surface area contributed by atoms with Gasteiger partial charge < -0.3 is 9.47 Å². The molecule has 0 spiro atoms. The number of hydrogen-bond donors (Lipinski definition) is 0. The quantitative estimate of drug-likeness (QED) is 0.298. The Morgan fingerprint density at radius 1 is 0.824 bits per heavy atom. The predicted molar refractivity (Wildman–Crippen MR) is 126 cm³/mol. The third-order valence-electron chi connectivity index (χ3n) is 5.68. The molecule has 0 unspecified atom stereocenters. The maximum Gasteiger partial charge on any atom is 0.416 e. The van der Waals surface area contributed by atoms with Crippen LogP contribution in [0, 0.1) is 0 Å². The molecule has 1 aromatic heterocycles. The Kier molecular flexibility index (Phi) is 6.63. The van der Waals surface area contributed by atoms with Gasteiger partial charge in [-0.15, -0.1) is 0 Å². The molecule has 176 valence electrons. The number of rotatable bonds is 7. The summed E-state index contributed by atoms with van der Waals surface area (Å²) in [4.78, 5) is 0. The molecule has 1 heterocycles. The summed E-state index contributed by atoms with van der Waals surface area (Å²) in [7, 11) is 3.20. The van der Waals surface area contributed by atoms with Crippen molar-refractivity contribution in [1.82, 2.24) is 9.78 Å². The van der Waals surface area contributed by atoms with Crippen LogP contribution >= 0.6 is 0 Å². The Morgan fingerprint density at radius 3 is 2.06 bits per heavy atom. The number of benzene rings is 3. The zero-order valence-electron chi connectivity index (χ0n) is 19.2. The van der Waals surface area contributed by atoms with E-state index in [1.54, 1.807) is 25.0 Å². The third kappa shape index (κ3) is 4.78. The Bertz CT molecular complexity index is 1300. The van der Waals surface area contributed by atoms with Crippen LogP contribution < -0.4 is 9.47 Å². The molecule has 0 aliphatic heterocycles. The van der Waals surface area contributed by atoms with Crippen LogP contribution in [0.15, 0.2) is 72.8 Å². The standard InChI is InChI=1S/C27H25F3N2O2/c1-4-24-25(19-9-6-12-22(15-19)33-2)31-32(26(24)20-10-7-13-23(16-20)34-3)17-18-8-5-11-21(14-18)27(28,29)30/h5-16H,4,17H2,1-3H3. The molecule has 0 radical (unpaired) electrons. The van der Waals surface area contributed by atoms with Gasteiger partial charge in [-0.2, -0.15) is 18.3 Å². The molecule has 0 bridgehead atoms. The van der Waals surface area contributed by atoms with Gasteiger partial charge in [0, 0.05) is 16.7 Å². The first-order valence-corrected chi connectivity index (χ1v) is 10.9. The maximum absolute atomic E-state index is 13.3. The highest BCUT2D eigenvalue weighted by Gasteiger charge is 2.30. The normalized spacial score (nSPS) is 11.5. The molecular formula is C27H25F3N2O2. The van der Waals surface area contributed by atoms with Gasteiger partial charge in [0.25, 0.3) is 0 Å². The van der Waals surface area contributed by atoms with Gasteiger partial charge in [-0.25, -0.2) is 0 Å². The van der Waals surface area contributed by atoms with Gasteiger partial charge in [0.15, 0.2) is 0 Å². The van der Waals surface area contributed by atoms with E-state index >= 15 is 0 Å². The molecule has 7 heteroatoms. The maximum atomic E-state index is 13.3. The van der Waals surface area contributed by atoms with Crippen LogP contribution in [0.2, 0.25) is 0 Å². The highest BCUT2D eigenvalue weighted by Crippen LogP contribution is 2.36. The fourth-order valence-corrected chi connectivity index (χ4v) is 4.06. The topological polar surface area (TPSA) is 36.3 Å². The zero-order chi connectivity index (χ0) is 24.3. The van der Waals surface area contributed by atoms with Crippen molar-refractivity contribution in [2.75, 3.05) is 14.2 Å². The van der Waals surface area contributed by atoms with Gasteiger partial charge in [-0.3, -0.25) is 4.68 Å². The second-order valence-corrected chi connectivity index (χ2v) is 7.85. The lowest BCUT2D eigenvalue weighted by molar-refractivity contribution is -0.137. The average Bonchev–Trinajstić information content (AvgIpc) is 3.21. The van der Waals surface area contributed by atoms with Crippen LogP contribution in [0.4, 0.5) is 13.2 Å². The van der Waals surface area contributed by atoms with Gasteiger partial charge >= 0.3 is 6.18 Å². The van der Waals surface area contributed by atoms with Crippen molar-refractivity contribution in [3.05, 3.63) is 89.5 Å². The van der Waals surface area contributed by atoms with Crippen molar-refractivity contribution >= 4 is 0 Å². The van der Waals surface area contributed by atoms with Crippen LogP contribution in [0.1, 0.15) is 23.6 Å². The lowest BCUT2D eigenvalue weighted by Crippen LogP contribution is -2.08. The van der Waals surface area contributed by atoms with Crippen molar-refractivity contribution in [2.45, 2.75) is 26.1 Å². The summed E-state index contributed by atoms with van der Waals surface area (Å²) in [5.41, 5.74) is 4.20. The average molecular weight is 467 g/mol. The second kappa shape index (κ2) is 9.63. The van der Waals surface area contributed by atoms with E-state index in [1.807, 2.05) is 55.5 Å². The molecule has 0 amide bonds. The Labute approximate surface area is 196 Å². The minimum atomic E-state index is -4.41. The molecule has 0 fully saturated rings. The van der Waals surface area contributed by atoms with Gasteiger partial charge in [0.05, 0.1) is 37.7 Å². The first kappa shape index (κ1) is 23.4. The van der Waals surface area contributed by atoms with E-state index in [1.165, 1.54) is 12.1 Å². The number of halogens is 3. The number of ether oxygens (including phenoxy) is 2. The summed E-state index contributed by atoms with van der Waals surface area (Å²) < 4.78 is 52.5. The number of nitrogens with zero attached hydrogens (tertiary/aromatic N) is 2. The Morgan fingerprint density at radius 2 is 1.44 bits per heavy atom. The summed E-state index contributed by atoms with van der Waals surface area (Å²) in [6.07, 6.45) is -3.72. The first-order valence-electron chi connectivity index (χ1n) is 10.9. The summed E-state index contributed by atoms with van der Waals surface area (Å²) in [5.74, 6) is 1.39. The number of hydrogen-bond acceptors (Lipinski definition) is 3. The van der Waals surface area contributed by atoms with Gasteiger partial charge in [0.1, 0.15) is 11.5 Å². The summed E-state index contributed by atoms with van der Waals surface area (Å²) in [5, 5.41) is 4.88. The van der Waals surface area contributed by atoms with E-state index in [0.29, 0.717) is 23.5 Å². The highest BCUT2D eigenvalue weighted by molar-refractivity contribution is 5.76. The molecule has 0 aliphatic carbocycles. The lowest BCUT2D eigenvalue weighted by atomic mass is 9.99. The number of alkyl halides is 3. The molecule has 4 rings (SSSR count). The molecule has 34 heavy (non-hydrogen) atoms. The van der Waals surface area contributed by atoms with E-state index in [0.717, 1.165) is 34.1 Å². The molecule has 0 aliphatic rings. The molecule has 0 N–H and O–H groups in total. The van der Waals surface area contributed by atoms with Gasteiger partial charge in [-0.05, 0) is 48.4 Å². The number of aromatic nitrogens is 2. The molecule has 4 nitrogen and oxygen atoms in total. The van der Waals surface area contributed by atoms with E-state index in [2.05, 4.69) is 0 Å². The van der Waals surface area contributed by atoms with Crippen LogP contribution in [0.5, 0.6) is 11.5 Å². The zero-order valence-corrected chi connectivity index (χ0v) is 19.2. The minimum Gasteiger partial charge on any atom is -0.497 e. The van der Waals surface area contributed by atoms with Crippen LogP contribution in [0.25, 0.3) is 22.5 Å². The van der Waals surface area contributed by atoms with Crippen LogP contribution in [0.3, 0.4) is 0 Å². The van der Waals surface area contributed by atoms with E-state index in [-0.39, 0.29) is 6.54 Å². The first-order chi connectivity index (χ1) is 16.3. The molecule has 0 saturated heterocycles. The fourth-order valence-electron chi connectivity index (χ4n) is 4.06. The molecule has 3 aromatic carbocycles. The van der Waals surface area contributed by atoms with Crippen molar-refractivity contribution in [3.63, 3.8) is 0 Å². The highest BCUT2D eigenvalue weighted by atomic mass is 19.4. The summed E-state index contributed by atoms with van der Waals surface area (Å²) in [6.45, 7) is 2.23. The molecular weight excluding hydrogens is 441 g/mol. The Balaban J connectivity index is 1.90. The predicted octanol–water partition coefficient (Wildman–Crippen LogP) is 6.86. The van der Waals surface area contributed by atoms with Gasteiger partial charge in [0.2, 0.25) is 0 Å². The minimum absolute atomic E-state index is 0.188. The SMILES string of the molecule is CCc1c(-c2cccc(OC)c2)nn(Cc2cccc(C(F)(F)F)c2)c1-c1cccc(OC)c1. The Hall–Kier alpha value is -3.74. The van der Waals surface area contributed by atoms with Gasteiger partial charge in [-0.1, -0.05) is 43.3 Å². The molecule has 0 atom stereocenters. The fraction of sp³-hybridized carbons (Fsp3) is 0.222. The van der Waals surface area contributed by atoms with Crippen LogP contribution in [-0.4, -0.2) is 24.0 Å². The van der Waals surface area contributed by atoms with Crippen molar-refractivity contribution < 1.29 is 22.6 Å². The lowest BCUT2D eigenvalue weighted by Gasteiger charge is -2.12. The number of methoxy groups -OCH3 is 2. The van der Waals surface area contributed by atoms with Crippen molar-refractivity contribution in [3.8, 4) is 34.0 Å². The second-order valence-electron chi connectivity index (χ2n) is 7.85.